The van der Waals surface area contributed by atoms with E-state index in [-0.39, 0.29) is 24.0 Å². The number of aromatic amines is 1. The molecule has 0 atom stereocenters. The Morgan fingerprint density at radius 3 is 1.65 bits per heavy atom. The van der Waals surface area contributed by atoms with E-state index >= 15 is 0 Å². The molecule has 4 aromatic rings. The normalized spacial score (nSPS) is 19.0. The number of hydrogen-bond acceptors (Lipinski definition) is 6. The summed E-state index contributed by atoms with van der Waals surface area (Å²) in [5.41, 5.74) is 7.45. The van der Waals surface area contributed by atoms with E-state index in [4.69, 9.17) is 9.47 Å². The molecule has 3 fully saturated rings. The third-order valence-corrected chi connectivity index (χ3v) is 13.8. The van der Waals surface area contributed by atoms with Gasteiger partial charge in [-0.1, -0.05) is 20.3 Å². The molecule has 63 heavy (non-hydrogen) atoms. The Morgan fingerprint density at radius 1 is 0.619 bits per heavy atom. The second-order valence-electron chi connectivity index (χ2n) is 21.2. The predicted molar refractivity (Wildman–Crippen MR) is 247 cm³/mol. The van der Waals surface area contributed by atoms with Crippen molar-refractivity contribution >= 4 is 45.8 Å². The molecule has 2 aromatic carbocycles. The first kappa shape index (κ1) is 44.6. The molecule has 12 nitrogen and oxygen atoms in total. The maximum atomic E-state index is 13.3. The van der Waals surface area contributed by atoms with E-state index in [1.54, 1.807) is 4.90 Å². The van der Waals surface area contributed by atoms with Crippen molar-refractivity contribution in [2.75, 3.05) is 39.3 Å². The highest BCUT2D eigenvalue weighted by atomic mass is 16.6. The van der Waals surface area contributed by atoms with Crippen LogP contribution in [0.25, 0.3) is 21.8 Å². The zero-order chi connectivity index (χ0) is 44.8. The summed E-state index contributed by atoms with van der Waals surface area (Å²) in [6.45, 7) is 22.6. The molecule has 4 amide bonds. The molecule has 6 heterocycles. The highest BCUT2D eigenvalue weighted by molar-refractivity contribution is 6.00. The lowest BCUT2D eigenvalue weighted by molar-refractivity contribution is 0.0213. The molecule has 12 heteroatoms. The van der Waals surface area contributed by atoms with Crippen molar-refractivity contribution in [1.82, 2.24) is 29.2 Å². The molecule has 0 spiro atoms. The lowest BCUT2D eigenvalue weighted by Gasteiger charge is -2.32. The molecule has 1 N–H and O–H groups in total. The number of likely N-dealkylation sites (tertiary alicyclic amines) is 2. The van der Waals surface area contributed by atoms with Crippen LogP contribution in [0.3, 0.4) is 0 Å². The Balaban J connectivity index is 0.000000175. The molecule has 5 aliphatic rings. The summed E-state index contributed by atoms with van der Waals surface area (Å²) in [5, 5.41) is 2.16. The zero-order valence-corrected chi connectivity index (χ0v) is 39.1. The minimum absolute atomic E-state index is 0.105. The summed E-state index contributed by atoms with van der Waals surface area (Å²) in [6, 6.07) is 12.1. The monoisotopic (exact) mass is 863 g/mol. The largest absolute Gasteiger partial charge is 0.444 e. The lowest BCUT2D eigenvalue weighted by Crippen LogP contribution is -2.40. The quantitative estimate of drug-likeness (QED) is 0.218. The van der Waals surface area contributed by atoms with E-state index in [0.29, 0.717) is 38.0 Å². The summed E-state index contributed by atoms with van der Waals surface area (Å²) in [7, 11) is 0. The number of piperidine rings is 2. The summed E-state index contributed by atoms with van der Waals surface area (Å²) in [4.78, 5) is 62.7. The summed E-state index contributed by atoms with van der Waals surface area (Å²) >= 11 is 0. The summed E-state index contributed by atoms with van der Waals surface area (Å²) < 4.78 is 13.7. The van der Waals surface area contributed by atoms with Crippen LogP contribution < -0.4 is 0 Å². The van der Waals surface area contributed by atoms with E-state index in [1.165, 1.54) is 36.0 Å². The van der Waals surface area contributed by atoms with Crippen molar-refractivity contribution in [1.29, 1.82) is 0 Å². The molecular weight excluding hydrogens is 793 g/mol. The molecule has 0 bridgehead atoms. The molecule has 340 valence electrons. The number of hydrogen-bond donors (Lipinski definition) is 1. The number of carbonyl (C=O) groups is 4. The highest BCUT2D eigenvalue weighted by Gasteiger charge is 2.33. The van der Waals surface area contributed by atoms with E-state index in [1.807, 2.05) is 80.5 Å². The number of amides is 4. The fourth-order valence-electron chi connectivity index (χ4n) is 9.83. The molecule has 0 unspecified atom stereocenters. The van der Waals surface area contributed by atoms with Gasteiger partial charge in [-0.05, 0) is 134 Å². The third kappa shape index (κ3) is 10.0. The Hall–Kier alpha value is -5.00. The molecule has 9 rings (SSSR count). The van der Waals surface area contributed by atoms with Gasteiger partial charge in [0.25, 0.3) is 11.8 Å². The van der Waals surface area contributed by atoms with Gasteiger partial charge in [-0.3, -0.25) is 9.59 Å². The Morgan fingerprint density at radius 2 is 1.13 bits per heavy atom. The van der Waals surface area contributed by atoms with Gasteiger partial charge >= 0.3 is 12.2 Å². The van der Waals surface area contributed by atoms with Crippen molar-refractivity contribution in [3.63, 3.8) is 0 Å². The fraction of sp³-hybridized carbons (Fsp3) is 0.608. The number of ether oxygens (including phenoxy) is 2. The number of aromatic nitrogens is 2. The second-order valence-corrected chi connectivity index (χ2v) is 21.2. The zero-order valence-electron chi connectivity index (χ0n) is 39.1. The third-order valence-electron chi connectivity index (χ3n) is 13.8. The first-order valence-electron chi connectivity index (χ1n) is 23.7. The molecule has 0 radical (unpaired) electrons. The number of fused-ring (bicyclic) bond motifs is 6. The molecular formula is C51H70N6O6. The second kappa shape index (κ2) is 17.9. The number of carbonyl (C=O) groups excluding carboxylic acids is 4. The van der Waals surface area contributed by atoms with Crippen molar-refractivity contribution in [3.8, 4) is 0 Å². The number of rotatable bonds is 4. The van der Waals surface area contributed by atoms with Gasteiger partial charge in [0.1, 0.15) is 11.2 Å². The van der Waals surface area contributed by atoms with Crippen LogP contribution >= 0.6 is 0 Å². The Bertz CT molecular complexity index is 2340. The van der Waals surface area contributed by atoms with Crippen molar-refractivity contribution in [3.05, 3.63) is 70.0 Å². The van der Waals surface area contributed by atoms with Crippen LogP contribution in [-0.4, -0.2) is 104 Å². The van der Waals surface area contributed by atoms with E-state index < -0.39 is 11.2 Å². The first-order chi connectivity index (χ1) is 29.9. The van der Waals surface area contributed by atoms with Crippen molar-refractivity contribution in [2.24, 2.45) is 17.8 Å². The van der Waals surface area contributed by atoms with Crippen LogP contribution in [0.4, 0.5) is 9.59 Å². The SMILES string of the molecule is CC1CCN(C(=O)c2ccc3[nH]c4c(c3c2)CN(C(=O)OC(C)(C)C)CC4)CC1.CC1CCN(C(=O)c2ccc3c(c2)c2c(n3CC3CCC3)CCN(C(=O)OC(C)(C)C)C2)CC1. The van der Waals surface area contributed by atoms with Crippen LogP contribution in [0.2, 0.25) is 0 Å². The van der Waals surface area contributed by atoms with Gasteiger partial charge in [0.2, 0.25) is 0 Å². The minimum Gasteiger partial charge on any atom is -0.444 e. The topological polar surface area (TPSA) is 120 Å². The molecule has 2 saturated heterocycles. The van der Waals surface area contributed by atoms with Crippen molar-refractivity contribution in [2.45, 2.75) is 144 Å². The van der Waals surface area contributed by atoms with Crippen LogP contribution in [0.5, 0.6) is 0 Å². The maximum absolute atomic E-state index is 13.3. The number of benzene rings is 2. The average Bonchev–Trinajstić information content (AvgIpc) is 3.74. The van der Waals surface area contributed by atoms with Gasteiger partial charge < -0.3 is 38.6 Å². The van der Waals surface area contributed by atoms with Gasteiger partial charge in [0, 0.05) is 114 Å². The van der Waals surface area contributed by atoms with Gasteiger partial charge in [-0.25, -0.2) is 9.59 Å². The Labute approximate surface area is 373 Å². The van der Waals surface area contributed by atoms with Gasteiger partial charge in [0.05, 0.1) is 13.1 Å². The van der Waals surface area contributed by atoms with E-state index in [9.17, 15) is 19.2 Å². The number of nitrogens with zero attached hydrogens (tertiary/aromatic N) is 5. The van der Waals surface area contributed by atoms with Crippen LogP contribution in [0.1, 0.15) is 144 Å². The van der Waals surface area contributed by atoms with E-state index in [2.05, 4.69) is 35.5 Å². The number of nitrogens with one attached hydrogen (secondary N) is 1. The highest BCUT2D eigenvalue weighted by Crippen LogP contribution is 2.37. The fourth-order valence-corrected chi connectivity index (χ4v) is 9.83. The van der Waals surface area contributed by atoms with E-state index in [0.717, 1.165) is 116 Å². The standard InChI is InChI=1S/C28H39N3O3.C23H31N3O3/c1-19-10-13-29(14-11-19)26(32)21-8-9-24-22(16-21)23-18-30(27(33)34-28(2,3)4)15-12-25(23)31(24)17-20-6-5-7-20;1-15-7-10-25(11-8-15)21(27)16-5-6-19-17(13-16)18-14-26(12-9-20(18)24-19)22(28)29-23(2,3)4/h8-9,16,19-20H,5-7,10-15,17-18H2,1-4H3;5-6,13,15,24H,7-12,14H2,1-4H3. The summed E-state index contributed by atoms with van der Waals surface area (Å²) in [6.07, 6.45) is 9.24. The maximum Gasteiger partial charge on any atom is 0.410 e. The average molecular weight is 863 g/mol. The smallest absolute Gasteiger partial charge is 0.410 e. The van der Waals surface area contributed by atoms with Crippen LogP contribution in [0, 0.1) is 17.8 Å². The summed E-state index contributed by atoms with van der Waals surface area (Å²) in [5.74, 6) is 2.36. The van der Waals surface area contributed by atoms with Gasteiger partial charge in [-0.15, -0.1) is 0 Å². The predicted octanol–water partition coefficient (Wildman–Crippen LogP) is 9.94. The van der Waals surface area contributed by atoms with Gasteiger partial charge in [0.15, 0.2) is 0 Å². The molecule has 2 aromatic heterocycles. The van der Waals surface area contributed by atoms with Crippen LogP contribution in [-0.2, 0) is 41.9 Å². The van der Waals surface area contributed by atoms with Gasteiger partial charge in [-0.2, -0.15) is 0 Å². The first-order valence-corrected chi connectivity index (χ1v) is 23.7. The number of H-pyrrole nitrogens is 1. The molecule has 1 aliphatic carbocycles. The molecule has 4 aliphatic heterocycles. The molecule has 1 saturated carbocycles. The minimum atomic E-state index is -0.513. The lowest BCUT2D eigenvalue weighted by atomic mass is 9.85. The van der Waals surface area contributed by atoms with Crippen LogP contribution in [0.15, 0.2) is 36.4 Å². The van der Waals surface area contributed by atoms with Crippen molar-refractivity contribution < 1.29 is 28.7 Å². The Kier molecular flexibility index (Phi) is 12.7.